The fourth-order valence-corrected chi connectivity index (χ4v) is 2.96. The van der Waals surface area contributed by atoms with Gasteiger partial charge in [0.1, 0.15) is 0 Å². The maximum absolute atomic E-state index is 10.7. The fraction of sp³-hybridized carbons (Fsp3) is 0.583. The number of nitrogens with one attached hydrogen (secondary N) is 1. The molecule has 2 fully saturated rings. The molecule has 2 unspecified atom stereocenters. The Morgan fingerprint density at radius 3 is 3.06 bits per heavy atom. The quantitative estimate of drug-likeness (QED) is 0.835. The lowest BCUT2D eigenvalue weighted by Gasteiger charge is -2.20. The minimum atomic E-state index is -1.02. The zero-order chi connectivity index (χ0) is 11.8. The maximum Gasteiger partial charge on any atom is 0.371 e. The molecule has 1 aromatic rings. The normalized spacial score (nSPS) is 28.2. The minimum Gasteiger partial charge on any atom is -0.475 e. The lowest BCUT2D eigenvalue weighted by atomic mass is 10.1. The number of carboxylic acids is 1. The van der Waals surface area contributed by atoms with E-state index in [2.05, 4.69) is 10.2 Å². The number of furan rings is 1. The number of nitrogens with zero attached hydrogens (tertiary/aromatic N) is 1. The van der Waals surface area contributed by atoms with E-state index >= 15 is 0 Å². The molecule has 5 nitrogen and oxygen atoms in total. The molecule has 0 saturated carbocycles. The third kappa shape index (κ3) is 1.91. The van der Waals surface area contributed by atoms with Gasteiger partial charge in [-0.25, -0.2) is 4.79 Å². The topological polar surface area (TPSA) is 65.7 Å². The van der Waals surface area contributed by atoms with Gasteiger partial charge in [0.25, 0.3) is 0 Å². The van der Waals surface area contributed by atoms with Gasteiger partial charge in [-0.1, -0.05) is 0 Å². The number of rotatable bonds is 3. The van der Waals surface area contributed by atoms with Gasteiger partial charge in [0.05, 0.1) is 0 Å². The summed E-state index contributed by atoms with van der Waals surface area (Å²) in [6, 6.07) is 4.17. The molecule has 0 aromatic carbocycles. The average Bonchev–Trinajstić information content (AvgIpc) is 2.96. The molecule has 3 heterocycles. The molecule has 1 aromatic heterocycles. The molecule has 92 valence electrons. The van der Waals surface area contributed by atoms with E-state index < -0.39 is 5.97 Å². The van der Waals surface area contributed by atoms with Crippen molar-refractivity contribution in [1.29, 1.82) is 0 Å². The number of aromatic carboxylic acids is 1. The molecule has 0 radical (unpaired) electrons. The van der Waals surface area contributed by atoms with Crippen LogP contribution >= 0.6 is 0 Å². The van der Waals surface area contributed by atoms with Crippen LogP contribution in [0.3, 0.4) is 0 Å². The van der Waals surface area contributed by atoms with Gasteiger partial charge < -0.3 is 14.8 Å². The van der Waals surface area contributed by atoms with Crippen LogP contribution in [0.15, 0.2) is 16.5 Å². The highest BCUT2D eigenvalue weighted by Gasteiger charge is 2.37. The Morgan fingerprint density at radius 2 is 2.29 bits per heavy atom. The van der Waals surface area contributed by atoms with Crippen LogP contribution in [-0.2, 0) is 0 Å². The Morgan fingerprint density at radius 1 is 1.41 bits per heavy atom. The average molecular weight is 236 g/mol. The van der Waals surface area contributed by atoms with Gasteiger partial charge in [-0.15, -0.1) is 0 Å². The third-order valence-corrected chi connectivity index (χ3v) is 3.75. The van der Waals surface area contributed by atoms with E-state index in [1.807, 2.05) is 0 Å². The van der Waals surface area contributed by atoms with Crippen molar-refractivity contribution in [2.75, 3.05) is 18.4 Å². The van der Waals surface area contributed by atoms with E-state index in [4.69, 9.17) is 9.52 Å². The van der Waals surface area contributed by atoms with Gasteiger partial charge >= 0.3 is 5.97 Å². The first-order valence-electron chi connectivity index (χ1n) is 6.08. The molecule has 3 rings (SSSR count). The third-order valence-electron chi connectivity index (χ3n) is 3.75. The second kappa shape index (κ2) is 4.07. The Hall–Kier alpha value is -1.49. The van der Waals surface area contributed by atoms with Gasteiger partial charge in [0.15, 0.2) is 5.88 Å². The standard InChI is InChI=1S/C12H16N2O3/c15-12(16)10-3-4-11(17-10)13-8-5-7-14-6-1-2-9(8)14/h3-4,8-9,13H,1-2,5-7H2,(H,15,16). The molecule has 0 bridgehead atoms. The van der Waals surface area contributed by atoms with Gasteiger partial charge in [-0.3, -0.25) is 4.90 Å². The van der Waals surface area contributed by atoms with Crippen LogP contribution in [0.2, 0.25) is 0 Å². The van der Waals surface area contributed by atoms with Crippen molar-refractivity contribution >= 4 is 11.9 Å². The molecule has 2 atom stereocenters. The van der Waals surface area contributed by atoms with E-state index in [9.17, 15) is 4.79 Å². The number of anilines is 1. The van der Waals surface area contributed by atoms with E-state index in [0.29, 0.717) is 18.0 Å². The van der Waals surface area contributed by atoms with E-state index in [-0.39, 0.29) is 5.76 Å². The number of hydrogen-bond acceptors (Lipinski definition) is 4. The van der Waals surface area contributed by atoms with Gasteiger partial charge in [-0.2, -0.15) is 0 Å². The van der Waals surface area contributed by atoms with Crippen LogP contribution in [0.25, 0.3) is 0 Å². The van der Waals surface area contributed by atoms with Crippen molar-refractivity contribution in [3.8, 4) is 0 Å². The number of carbonyl (C=O) groups is 1. The molecule has 2 aliphatic rings. The Bertz CT molecular complexity index is 429. The molecule has 2 aliphatic heterocycles. The largest absolute Gasteiger partial charge is 0.475 e. The molecule has 0 aliphatic carbocycles. The molecule has 17 heavy (non-hydrogen) atoms. The van der Waals surface area contributed by atoms with Crippen LogP contribution < -0.4 is 5.32 Å². The molecule has 0 spiro atoms. The van der Waals surface area contributed by atoms with Crippen LogP contribution in [0.4, 0.5) is 5.88 Å². The summed E-state index contributed by atoms with van der Waals surface area (Å²) in [7, 11) is 0. The minimum absolute atomic E-state index is 0.00576. The molecule has 2 N–H and O–H groups in total. The smallest absolute Gasteiger partial charge is 0.371 e. The Labute approximate surface area is 99.4 Å². The van der Waals surface area contributed by atoms with Crippen LogP contribution in [0.1, 0.15) is 29.8 Å². The highest BCUT2D eigenvalue weighted by molar-refractivity contribution is 5.84. The highest BCUT2D eigenvalue weighted by atomic mass is 16.4. The van der Waals surface area contributed by atoms with Crippen molar-refractivity contribution in [2.24, 2.45) is 0 Å². The summed E-state index contributed by atoms with van der Waals surface area (Å²) in [6.45, 7) is 2.33. The first kappa shape index (κ1) is 10.7. The van der Waals surface area contributed by atoms with Crippen molar-refractivity contribution in [2.45, 2.75) is 31.3 Å². The second-order valence-electron chi connectivity index (χ2n) is 4.75. The molecular weight excluding hydrogens is 220 g/mol. The number of fused-ring (bicyclic) bond motifs is 1. The summed E-state index contributed by atoms with van der Waals surface area (Å²) >= 11 is 0. The van der Waals surface area contributed by atoms with Crippen molar-refractivity contribution in [1.82, 2.24) is 4.90 Å². The van der Waals surface area contributed by atoms with Gasteiger partial charge in [-0.05, 0) is 31.9 Å². The van der Waals surface area contributed by atoms with Crippen molar-refractivity contribution in [3.63, 3.8) is 0 Å². The summed E-state index contributed by atoms with van der Waals surface area (Å²) in [5, 5.41) is 12.1. The molecule has 5 heteroatoms. The Kier molecular flexibility index (Phi) is 2.55. The summed E-state index contributed by atoms with van der Waals surface area (Å²) in [5.74, 6) is -0.457. The van der Waals surface area contributed by atoms with Crippen LogP contribution in [-0.4, -0.2) is 41.1 Å². The molecule has 2 saturated heterocycles. The maximum atomic E-state index is 10.7. The summed E-state index contributed by atoms with van der Waals surface area (Å²) in [4.78, 5) is 13.2. The lowest BCUT2D eigenvalue weighted by molar-refractivity contribution is 0.0663. The zero-order valence-electron chi connectivity index (χ0n) is 9.56. The number of hydrogen-bond donors (Lipinski definition) is 2. The summed E-state index contributed by atoms with van der Waals surface area (Å²) < 4.78 is 5.23. The number of carboxylic acid groups (broad SMARTS) is 1. The summed E-state index contributed by atoms with van der Waals surface area (Å²) in [5.41, 5.74) is 0. The van der Waals surface area contributed by atoms with Gasteiger partial charge in [0, 0.05) is 24.7 Å². The zero-order valence-corrected chi connectivity index (χ0v) is 9.56. The monoisotopic (exact) mass is 236 g/mol. The molecule has 0 amide bonds. The highest BCUT2D eigenvalue weighted by Crippen LogP contribution is 2.30. The Balaban J connectivity index is 1.68. The van der Waals surface area contributed by atoms with E-state index in [0.717, 1.165) is 13.0 Å². The van der Waals surface area contributed by atoms with Crippen LogP contribution in [0, 0.1) is 0 Å². The van der Waals surface area contributed by atoms with E-state index in [1.165, 1.54) is 25.5 Å². The van der Waals surface area contributed by atoms with Crippen molar-refractivity contribution < 1.29 is 14.3 Å². The van der Waals surface area contributed by atoms with Crippen molar-refractivity contribution in [3.05, 3.63) is 17.9 Å². The second-order valence-corrected chi connectivity index (χ2v) is 4.75. The predicted octanol–water partition coefficient (Wildman–Crippen LogP) is 1.63. The van der Waals surface area contributed by atoms with E-state index in [1.54, 1.807) is 6.07 Å². The SMILES string of the molecule is O=C(O)c1ccc(NC2CCN3CCCC23)o1. The fourth-order valence-electron chi connectivity index (χ4n) is 2.96. The first-order valence-corrected chi connectivity index (χ1v) is 6.08. The van der Waals surface area contributed by atoms with Gasteiger partial charge in [0.2, 0.25) is 5.76 Å². The first-order chi connectivity index (χ1) is 8.24. The lowest BCUT2D eigenvalue weighted by Crippen LogP contribution is -2.33. The molecular formula is C12H16N2O3. The summed E-state index contributed by atoms with van der Waals surface area (Å²) in [6.07, 6.45) is 3.60. The van der Waals surface area contributed by atoms with Crippen LogP contribution in [0.5, 0.6) is 0 Å². The predicted molar refractivity (Wildman–Crippen MR) is 62.3 cm³/mol.